The van der Waals surface area contributed by atoms with Crippen LogP contribution >= 0.6 is 0 Å². The van der Waals surface area contributed by atoms with Crippen molar-refractivity contribution in [2.75, 3.05) is 32.9 Å². The number of hydrogen-bond donors (Lipinski definition) is 0. The van der Waals surface area contributed by atoms with Crippen molar-refractivity contribution >= 4 is 11.7 Å². The highest BCUT2D eigenvalue weighted by Gasteiger charge is 2.28. The summed E-state index contributed by atoms with van der Waals surface area (Å²) in [6.07, 6.45) is 3.32. The second-order valence-electron chi connectivity index (χ2n) is 7.56. The Labute approximate surface area is 167 Å². The summed E-state index contributed by atoms with van der Waals surface area (Å²) in [5.41, 5.74) is 0.289. The fourth-order valence-electron chi connectivity index (χ4n) is 3.97. The summed E-state index contributed by atoms with van der Waals surface area (Å²) in [6.45, 7) is 2.24. The molecule has 2 atom stereocenters. The molecule has 0 aromatic carbocycles. The molecule has 4 rings (SSSR count). The highest BCUT2D eigenvalue weighted by molar-refractivity contribution is 5.77. The van der Waals surface area contributed by atoms with E-state index in [9.17, 15) is 13.6 Å². The maximum atomic E-state index is 13.4. The second kappa shape index (κ2) is 9.08. The largest absolute Gasteiger partial charge is 0.376 e. The second-order valence-corrected chi connectivity index (χ2v) is 7.56. The van der Waals surface area contributed by atoms with Crippen molar-refractivity contribution in [2.45, 2.75) is 50.6 Å². The van der Waals surface area contributed by atoms with Gasteiger partial charge < -0.3 is 14.4 Å². The zero-order valence-electron chi connectivity index (χ0n) is 16.2. The summed E-state index contributed by atoms with van der Waals surface area (Å²) >= 11 is 0. The molecule has 0 bridgehead atoms. The number of hydrogen-bond acceptors (Lipinski definition) is 6. The fraction of sp³-hybridized carbons (Fsp3) is 0.684. The highest BCUT2D eigenvalue weighted by Crippen LogP contribution is 2.29. The molecule has 0 unspecified atom stereocenters. The van der Waals surface area contributed by atoms with E-state index in [0.29, 0.717) is 25.4 Å². The lowest BCUT2D eigenvalue weighted by Gasteiger charge is -2.32. The number of halogens is 2. The SMILES string of the molecule is O=C(COC[C@H]1CCCCO1)N1CCC[C@@H](c2cc(C(F)F)n3ncnc3n2)C1. The van der Waals surface area contributed by atoms with Crippen molar-refractivity contribution < 1.29 is 23.0 Å². The van der Waals surface area contributed by atoms with Crippen molar-refractivity contribution in [1.29, 1.82) is 0 Å². The first kappa shape index (κ1) is 20.1. The van der Waals surface area contributed by atoms with Gasteiger partial charge in [0.05, 0.1) is 18.4 Å². The normalized spacial score (nSPS) is 23.1. The quantitative estimate of drug-likeness (QED) is 0.729. The number of alkyl halides is 2. The van der Waals surface area contributed by atoms with Crippen LogP contribution in [0.2, 0.25) is 0 Å². The number of amides is 1. The topological polar surface area (TPSA) is 81.9 Å². The van der Waals surface area contributed by atoms with Crippen LogP contribution in [0.25, 0.3) is 5.78 Å². The monoisotopic (exact) mass is 409 g/mol. The third kappa shape index (κ3) is 4.69. The molecule has 2 aliphatic heterocycles. The Morgan fingerprint density at radius 3 is 3.00 bits per heavy atom. The number of carbonyl (C=O) groups excluding carboxylic acids is 1. The Kier molecular flexibility index (Phi) is 6.29. The van der Waals surface area contributed by atoms with Gasteiger partial charge in [0, 0.05) is 25.6 Å². The number of ether oxygens (including phenoxy) is 2. The van der Waals surface area contributed by atoms with Gasteiger partial charge in [-0.25, -0.2) is 13.8 Å². The van der Waals surface area contributed by atoms with Crippen LogP contribution in [0.15, 0.2) is 12.4 Å². The maximum absolute atomic E-state index is 13.4. The molecular weight excluding hydrogens is 384 g/mol. The Morgan fingerprint density at radius 2 is 2.21 bits per heavy atom. The minimum Gasteiger partial charge on any atom is -0.376 e. The van der Waals surface area contributed by atoms with Crippen molar-refractivity contribution in [3.63, 3.8) is 0 Å². The van der Waals surface area contributed by atoms with Crippen LogP contribution in [-0.2, 0) is 14.3 Å². The van der Waals surface area contributed by atoms with E-state index in [4.69, 9.17) is 9.47 Å². The van der Waals surface area contributed by atoms with Gasteiger partial charge in [0.1, 0.15) is 18.6 Å². The smallest absolute Gasteiger partial charge is 0.280 e. The van der Waals surface area contributed by atoms with Gasteiger partial charge >= 0.3 is 0 Å². The van der Waals surface area contributed by atoms with Crippen molar-refractivity contribution in [1.82, 2.24) is 24.5 Å². The molecule has 2 aromatic rings. The van der Waals surface area contributed by atoms with Gasteiger partial charge in [0.2, 0.25) is 5.91 Å². The average molecular weight is 409 g/mol. The van der Waals surface area contributed by atoms with Gasteiger partial charge in [0.15, 0.2) is 0 Å². The van der Waals surface area contributed by atoms with E-state index in [-0.39, 0.29) is 36.0 Å². The van der Waals surface area contributed by atoms with Gasteiger partial charge in [-0.05, 0) is 38.2 Å². The molecular formula is C19H25F2N5O3. The van der Waals surface area contributed by atoms with Gasteiger partial charge in [-0.15, -0.1) is 0 Å². The summed E-state index contributed by atoms with van der Waals surface area (Å²) in [4.78, 5) is 22.6. The van der Waals surface area contributed by atoms with E-state index in [2.05, 4.69) is 15.1 Å². The molecule has 2 fully saturated rings. The standard InChI is InChI=1S/C19H25F2N5O3/c20-18(21)16-8-15(24-19-22-12-23-26(16)19)13-4-3-6-25(9-13)17(27)11-28-10-14-5-1-2-7-29-14/h8,12-14,18H,1-7,9-11H2/t13-,14-/m1/s1. The molecule has 158 valence electrons. The lowest BCUT2D eigenvalue weighted by molar-refractivity contribution is -0.139. The third-order valence-electron chi connectivity index (χ3n) is 5.52. The zero-order valence-corrected chi connectivity index (χ0v) is 16.2. The van der Waals surface area contributed by atoms with E-state index in [1.165, 1.54) is 12.4 Å². The predicted molar refractivity (Wildman–Crippen MR) is 98.7 cm³/mol. The minimum absolute atomic E-state index is 0.00546. The summed E-state index contributed by atoms with van der Waals surface area (Å²) in [7, 11) is 0. The van der Waals surface area contributed by atoms with E-state index in [1.807, 2.05) is 0 Å². The summed E-state index contributed by atoms with van der Waals surface area (Å²) in [5, 5.41) is 3.81. The van der Waals surface area contributed by atoms with E-state index < -0.39 is 6.43 Å². The van der Waals surface area contributed by atoms with Crippen LogP contribution in [0, 0.1) is 0 Å². The Bertz CT molecular complexity index is 840. The number of aromatic nitrogens is 4. The zero-order chi connectivity index (χ0) is 20.2. The highest BCUT2D eigenvalue weighted by atomic mass is 19.3. The van der Waals surface area contributed by atoms with Crippen LogP contribution in [-0.4, -0.2) is 69.4 Å². The lowest BCUT2D eigenvalue weighted by atomic mass is 9.94. The van der Waals surface area contributed by atoms with Gasteiger partial charge in [-0.3, -0.25) is 4.79 Å². The maximum Gasteiger partial charge on any atom is 0.280 e. The van der Waals surface area contributed by atoms with Crippen molar-refractivity contribution in [2.24, 2.45) is 0 Å². The number of piperidine rings is 1. The molecule has 0 radical (unpaired) electrons. The third-order valence-corrected chi connectivity index (χ3v) is 5.52. The number of rotatable bonds is 6. The summed E-state index contributed by atoms with van der Waals surface area (Å²) < 4.78 is 39.1. The molecule has 2 aromatic heterocycles. The molecule has 1 amide bonds. The average Bonchev–Trinajstić information content (AvgIpc) is 3.22. The molecule has 4 heterocycles. The van der Waals surface area contributed by atoms with Crippen LogP contribution in [0.5, 0.6) is 0 Å². The van der Waals surface area contributed by atoms with Crippen molar-refractivity contribution in [3.8, 4) is 0 Å². The van der Waals surface area contributed by atoms with E-state index in [1.54, 1.807) is 4.90 Å². The Hall–Kier alpha value is -2.20. The minimum atomic E-state index is -2.68. The Balaban J connectivity index is 1.37. The first-order chi connectivity index (χ1) is 14.1. The molecule has 0 aliphatic carbocycles. The molecule has 0 saturated carbocycles. The van der Waals surface area contributed by atoms with Crippen molar-refractivity contribution in [3.05, 3.63) is 23.8 Å². The Morgan fingerprint density at radius 1 is 1.31 bits per heavy atom. The summed E-state index contributed by atoms with van der Waals surface area (Å²) in [6, 6.07) is 1.38. The number of nitrogens with zero attached hydrogens (tertiary/aromatic N) is 5. The molecule has 10 heteroatoms. The van der Waals surface area contributed by atoms with E-state index >= 15 is 0 Å². The lowest BCUT2D eigenvalue weighted by Crippen LogP contribution is -2.41. The molecule has 2 saturated heterocycles. The van der Waals surface area contributed by atoms with Gasteiger partial charge in [0.25, 0.3) is 12.2 Å². The molecule has 2 aliphatic rings. The fourth-order valence-corrected chi connectivity index (χ4v) is 3.97. The van der Waals surface area contributed by atoms with Crippen LogP contribution in [0.4, 0.5) is 8.78 Å². The molecule has 0 spiro atoms. The predicted octanol–water partition coefficient (Wildman–Crippen LogP) is 2.35. The van der Waals surface area contributed by atoms with Crippen LogP contribution < -0.4 is 0 Å². The molecule has 29 heavy (non-hydrogen) atoms. The molecule has 0 N–H and O–H groups in total. The number of carbonyl (C=O) groups is 1. The number of fused-ring (bicyclic) bond motifs is 1. The van der Waals surface area contributed by atoms with Crippen LogP contribution in [0.3, 0.4) is 0 Å². The number of likely N-dealkylation sites (tertiary alicyclic amines) is 1. The van der Waals surface area contributed by atoms with E-state index in [0.717, 1.165) is 43.2 Å². The van der Waals surface area contributed by atoms with Gasteiger partial charge in [-0.1, -0.05) is 0 Å². The first-order valence-corrected chi connectivity index (χ1v) is 10.1. The first-order valence-electron chi connectivity index (χ1n) is 10.1. The summed E-state index contributed by atoms with van der Waals surface area (Å²) in [5.74, 6) is -0.0613. The molecule has 8 nitrogen and oxygen atoms in total. The van der Waals surface area contributed by atoms with Gasteiger partial charge in [-0.2, -0.15) is 14.6 Å². The van der Waals surface area contributed by atoms with Crippen LogP contribution in [0.1, 0.15) is 55.8 Å².